The van der Waals surface area contributed by atoms with E-state index in [1.165, 1.54) is 25.2 Å². The summed E-state index contributed by atoms with van der Waals surface area (Å²) in [5.41, 5.74) is 0.118. The molecule has 1 aromatic carbocycles. The topological polar surface area (TPSA) is 91.6 Å². The maximum atomic E-state index is 12.7. The van der Waals surface area contributed by atoms with Gasteiger partial charge in [0, 0.05) is 6.54 Å². The van der Waals surface area contributed by atoms with Gasteiger partial charge in [-0.3, -0.25) is 9.69 Å². The minimum Gasteiger partial charge on any atom is -0.468 e. The van der Waals surface area contributed by atoms with E-state index in [-0.39, 0.29) is 21.5 Å². The van der Waals surface area contributed by atoms with Crippen LogP contribution in [-0.2, 0) is 10.0 Å². The highest BCUT2D eigenvalue weighted by Gasteiger charge is 2.26. The number of likely N-dealkylation sites (tertiary alicyclic amines) is 1. The number of nitrogens with one attached hydrogen (secondary N) is 2. The lowest BCUT2D eigenvalue weighted by Crippen LogP contribution is -2.36. The fourth-order valence-electron chi connectivity index (χ4n) is 3.19. The number of hydrogen-bond donors (Lipinski definition) is 2. The number of carbonyl (C=O) groups is 1. The average Bonchev–Trinajstić information content (AvgIpc) is 3.36. The van der Waals surface area contributed by atoms with Gasteiger partial charge in [0.05, 0.1) is 27.8 Å². The van der Waals surface area contributed by atoms with Crippen LogP contribution in [0.1, 0.15) is 35.0 Å². The molecule has 1 amide bonds. The summed E-state index contributed by atoms with van der Waals surface area (Å²) in [4.78, 5) is 14.9. The Labute approximate surface area is 163 Å². The van der Waals surface area contributed by atoms with E-state index in [1.54, 1.807) is 6.26 Å². The number of furan rings is 1. The molecule has 1 aliphatic rings. The van der Waals surface area contributed by atoms with Crippen LogP contribution in [-0.4, -0.2) is 45.9 Å². The molecule has 0 aliphatic carbocycles. The van der Waals surface area contributed by atoms with E-state index in [0.717, 1.165) is 31.7 Å². The quantitative estimate of drug-likeness (QED) is 0.730. The van der Waals surface area contributed by atoms with Crippen LogP contribution in [0.15, 0.2) is 45.9 Å². The zero-order valence-electron chi connectivity index (χ0n) is 14.9. The summed E-state index contributed by atoms with van der Waals surface area (Å²) < 4.78 is 31.7. The smallest absolute Gasteiger partial charge is 0.252 e. The molecule has 3 rings (SSSR count). The Morgan fingerprint density at radius 3 is 2.67 bits per heavy atom. The van der Waals surface area contributed by atoms with Gasteiger partial charge in [-0.25, -0.2) is 13.1 Å². The minimum absolute atomic E-state index is 0.0123. The Kier molecular flexibility index (Phi) is 6.21. The lowest BCUT2D eigenvalue weighted by molar-refractivity contribution is 0.0933. The summed E-state index contributed by atoms with van der Waals surface area (Å²) >= 11 is 6.12. The molecule has 2 N–H and O–H groups in total. The van der Waals surface area contributed by atoms with Crippen LogP contribution in [0.2, 0.25) is 5.02 Å². The van der Waals surface area contributed by atoms with Crippen molar-refractivity contribution in [1.29, 1.82) is 0 Å². The molecule has 146 valence electrons. The van der Waals surface area contributed by atoms with Crippen molar-refractivity contribution in [3.8, 4) is 0 Å². The van der Waals surface area contributed by atoms with Gasteiger partial charge in [-0.15, -0.1) is 0 Å². The number of hydrogen-bond acceptors (Lipinski definition) is 5. The monoisotopic (exact) mass is 411 g/mol. The van der Waals surface area contributed by atoms with Crippen molar-refractivity contribution >= 4 is 27.5 Å². The summed E-state index contributed by atoms with van der Waals surface area (Å²) in [7, 11) is -2.35. The standard InChI is InChI=1S/C18H22ClN3O4S/c1-20-27(24,25)13-6-7-15(19)14(11-13)18(23)21-12-16(17-5-4-10-26-17)22-8-2-3-9-22/h4-7,10-11,16,20H,2-3,8-9,12H2,1H3,(H,21,23). The van der Waals surface area contributed by atoms with Gasteiger partial charge in [-0.2, -0.15) is 0 Å². The van der Waals surface area contributed by atoms with E-state index in [1.807, 2.05) is 12.1 Å². The molecule has 1 aromatic heterocycles. The van der Waals surface area contributed by atoms with Crippen molar-refractivity contribution in [1.82, 2.24) is 14.9 Å². The highest BCUT2D eigenvalue weighted by molar-refractivity contribution is 7.89. The second kappa shape index (κ2) is 8.43. The minimum atomic E-state index is -3.66. The van der Waals surface area contributed by atoms with E-state index in [2.05, 4.69) is 14.9 Å². The van der Waals surface area contributed by atoms with Crippen molar-refractivity contribution in [3.05, 3.63) is 52.9 Å². The molecule has 0 saturated carbocycles. The van der Waals surface area contributed by atoms with E-state index in [9.17, 15) is 13.2 Å². The van der Waals surface area contributed by atoms with Crippen molar-refractivity contribution in [3.63, 3.8) is 0 Å². The number of nitrogens with zero attached hydrogens (tertiary/aromatic N) is 1. The number of benzene rings is 1. The third kappa shape index (κ3) is 4.52. The number of carbonyl (C=O) groups excluding carboxylic acids is 1. The van der Waals surface area contributed by atoms with Gasteiger partial charge in [0.15, 0.2) is 0 Å². The predicted octanol–water partition coefficient (Wildman–Crippen LogP) is 2.41. The van der Waals surface area contributed by atoms with Gasteiger partial charge < -0.3 is 9.73 Å². The molecule has 1 unspecified atom stereocenters. The van der Waals surface area contributed by atoms with Gasteiger partial charge in [-0.05, 0) is 63.3 Å². The first-order valence-corrected chi connectivity index (χ1v) is 10.6. The summed E-state index contributed by atoms with van der Waals surface area (Å²) in [5, 5.41) is 3.05. The third-order valence-electron chi connectivity index (χ3n) is 4.67. The fraction of sp³-hybridized carbons (Fsp3) is 0.389. The first-order chi connectivity index (χ1) is 12.9. The Balaban J connectivity index is 1.77. The van der Waals surface area contributed by atoms with Crippen molar-refractivity contribution < 1.29 is 17.6 Å². The molecule has 1 saturated heterocycles. The number of halogens is 1. The first kappa shape index (κ1) is 19.9. The molecular formula is C18H22ClN3O4S. The number of amides is 1. The van der Waals surface area contributed by atoms with Gasteiger partial charge in [-0.1, -0.05) is 11.6 Å². The molecule has 1 fully saturated rings. The summed E-state index contributed by atoms with van der Waals surface area (Å²) in [6.45, 7) is 2.22. The molecule has 9 heteroatoms. The van der Waals surface area contributed by atoms with Crippen molar-refractivity contribution in [2.24, 2.45) is 0 Å². The molecule has 2 aromatic rings. The van der Waals surface area contributed by atoms with Crippen molar-refractivity contribution in [2.45, 2.75) is 23.8 Å². The average molecular weight is 412 g/mol. The first-order valence-electron chi connectivity index (χ1n) is 8.71. The lowest BCUT2D eigenvalue weighted by Gasteiger charge is -2.26. The Morgan fingerprint density at radius 1 is 1.30 bits per heavy atom. The van der Waals surface area contributed by atoms with E-state index in [0.29, 0.717) is 6.54 Å². The zero-order chi connectivity index (χ0) is 19.4. The molecule has 7 nitrogen and oxygen atoms in total. The van der Waals surface area contributed by atoms with Crippen LogP contribution >= 0.6 is 11.6 Å². The van der Waals surface area contributed by atoms with Crippen LogP contribution in [0, 0.1) is 0 Å². The molecule has 1 atom stereocenters. The maximum Gasteiger partial charge on any atom is 0.252 e. The number of sulfonamides is 1. The maximum absolute atomic E-state index is 12.7. The Hall–Kier alpha value is -1.87. The second-order valence-electron chi connectivity index (χ2n) is 6.33. The molecular weight excluding hydrogens is 390 g/mol. The molecule has 0 bridgehead atoms. The SMILES string of the molecule is CNS(=O)(=O)c1ccc(Cl)c(C(=O)NCC(c2ccco2)N2CCCC2)c1. The van der Waals surface area contributed by atoms with E-state index >= 15 is 0 Å². The molecule has 27 heavy (non-hydrogen) atoms. The molecule has 0 radical (unpaired) electrons. The van der Waals surface area contributed by atoms with Gasteiger partial charge in [0.2, 0.25) is 10.0 Å². The van der Waals surface area contributed by atoms with Crippen LogP contribution < -0.4 is 10.0 Å². The van der Waals surface area contributed by atoms with Crippen LogP contribution in [0.4, 0.5) is 0 Å². The summed E-state index contributed by atoms with van der Waals surface area (Å²) in [6.07, 6.45) is 3.84. The van der Waals surface area contributed by atoms with Crippen LogP contribution in [0.5, 0.6) is 0 Å². The summed E-state index contributed by atoms with van der Waals surface area (Å²) in [6, 6.07) is 7.69. The van der Waals surface area contributed by atoms with Gasteiger partial charge in [0.1, 0.15) is 5.76 Å². The van der Waals surface area contributed by atoms with Crippen LogP contribution in [0.3, 0.4) is 0 Å². The van der Waals surface area contributed by atoms with Gasteiger partial charge in [0.25, 0.3) is 5.91 Å². The molecule has 0 spiro atoms. The normalized spacial score (nSPS) is 16.4. The van der Waals surface area contributed by atoms with E-state index < -0.39 is 15.9 Å². The largest absolute Gasteiger partial charge is 0.468 e. The zero-order valence-corrected chi connectivity index (χ0v) is 16.5. The fourth-order valence-corrected chi connectivity index (χ4v) is 4.15. The van der Waals surface area contributed by atoms with Gasteiger partial charge >= 0.3 is 0 Å². The third-order valence-corrected chi connectivity index (χ3v) is 6.41. The Morgan fingerprint density at radius 2 is 2.04 bits per heavy atom. The van der Waals surface area contributed by atoms with Crippen LogP contribution in [0.25, 0.3) is 0 Å². The Bertz CT molecular complexity index is 893. The lowest BCUT2D eigenvalue weighted by atomic mass is 10.1. The molecule has 2 heterocycles. The second-order valence-corrected chi connectivity index (χ2v) is 8.63. The van der Waals surface area contributed by atoms with E-state index in [4.69, 9.17) is 16.0 Å². The van der Waals surface area contributed by atoms with Crippen molar-refractivity contribution in [2.75, 3.05) is 26.7 Å². The summed E-state index contributed by atoms with van der Waals surface area (Å²) in [5.74, 6) is 0.360. The highest BCUT2D eigenvalue weighted by Crippen LogP contribution is 2.25. The number of rotatable bonds is 7. The highest BCUT2D eigenvalue weighted by atomic mass is 35.5. The predicted molar refractivity (Wildman–Crippen MR) is 102 cm³/mol. The molecule has 1 aliphatic heterocycles.